The molecule has 1 heterocycles. The third-order valence-electron chi connectivity index (χ3n) is 3.51. The Balaban J connectivity index is 2.33. The zero-order chi connectivity index (χ0) is 14.3. The van der Waals surface area contributed by atoms with Crippen LogP contribution in [0.15, 0.2) is 48.5 Å². The van der Waals surface area contributed by atoms with E-state index in [4.69, 9.17) is 5.73 Å². The molecule has 2 atom stereocenters. The van der Waals surface area contributed by atoms with Crippen LogP contribution in [0.25, 0.3) is 0 Å². The number of benzene rings is 2. The summed E-state index contributed by atoms with van der Waals surface area (Å²) >= 11 is 0. The zero-order valence-corrected chi connectivity index (χ0v) is 10.6. The van der Waals surface area contributed by atoms with Gasteiger partial charge in [0.25, 0.3) is 0 Å². The highest BCUT2D eigenvalue weighted by Gasteiger charge is 2.33. The van der Waals surface area contributed by atoms with Crippen LogP contribution in [-0.4, -0.2) is 16.2 Å². The first kappa shape index (κ1) is 12.7. The molecule has 5 nitrogen and oxygen atoms in total. The van der Waals surface area contributed by atoms with E-state index in [1.807, 2.05) is 0 Å². The number of nitrogens with two attached hydrogens (primary N) is 1. The van der Waals surface area contributed by atoms with Gasteiger partial charge in [0.2, 0.25) is 0 Å². The molecule has 4 N–H and O–H groups in total. The Morgan fingerprint density at radius 2 is 1.30 bits per heavy atom. The van der Waals surface area contributed by atoms with Gasteiger partial charge in [0.1, 0.15) is 12.2 Å². The van der Waals surface area contributed by atoms with Gasteiger partial charge in [-0.2, -0.15) is 0 Å². The number of rotatable bonds is 0. The van der Waals surface area contributed by atoms with Gasteiger partial charge in [-0.05, 0) is 12.1 Å². The fraction of sp³-hybridized carbons (Fsp3) is 0.133. The van der Waals surface area contributed by atoms with E-state index in [1.54, 1.807) is 48.5 Å². The van der Waals surface area contributed by atoms with Crippen LogP contribution >= 0.6 is 0 Å². The first-order valence-corrected chi connectivity index (χ1v) is 6.25. The Labute approximate surface area is 115 Å². The maximum atomic E-state index is 11.8. The number of amides is 2. The van der Waals surface area contributed by atoms with Crippen LogP contribution in [0.1, 0.15) is 23.3 Å². The highest BCUT2D eigenvalue weighted by atomic mass is 16.3. The predicted octanol–water partition coefficient (Wildman–Crippen LogP) is 1.98. The highest BCUT2D eigenvalue weighted by Crippen LogP contribution is 2.44. The van der Waals surface area contributed by atoms with Gasteiger partial charge in [-0.3, -0.25) is 4.90 Å². The molecule has 0 unspecified atom stereocenters. The van der Waals surface area contributed by atoms with Crippen LogP contribution in [-0.2, 0) is 0 Å². The lowest BCUT2D eigenvalue weighted by Crippen LogP contribution is -2.32. The number of para-hydroxylation sites is 2. The van der Waals surface area contributed by atoms with E-state index in [9.17, 15) is 15.0 Å². The maximum absolute atomic E-state index is 11.8. The van der Waals surface area contributed by atoms with Crippen molar-refractivity contribution in [1.82, 2.24) is 0 Å². The Bertz CT molecular complexity index is 620. The van der Waals surface area contributed by atoms with Crippen molar-refractivity contribution in [1.29, 1.82) is 0 Å². The van der Waals surface area contributed by atoms with Crippen LogP contribution < -0.4 is 10.6 Å². The molecule has 0 saturated heterocycles. The van der Waals surface area contributed by atoms with Crippen molar-refractivity contribution < 1.29 is 15.0 Å². The second-order valence-corrected chi connectivity index (χ2v) is 4.68. The Morgan fingerprint density at radius 3 is 1.70 bits per heavy atom. The minimum atomic E-state index is -1.11. The van der Waals surface area contributed by atoms with E-state index in [1.165, 1.54) is 4.90 Å². The smallest absolute Gasteiger partial charge is 0.323 e. The third-order valence-corrected chi connectivity index (χ3v) is 3.51. The topological polar surface area (TPSA) is 86.8 Å². The first-order chi connectivity index (χ1) is 9.61. The number of hydrogen-bond acceptors (Lipinski definition) is 3. The van der Waals surface area contributed by atoms with E-state index in [0.717, 1.165) is 0 Å². The maximum Gasteiger partial charge on any atom is 0.323 e. The molecule has 0 fully saturated rings. The summed E-state index contributed by atoms with van der Waals surface area (Å²) in [6.07, 6.45) is -2.23. The third kappa shape index (κ3) is 1.76. The van der Waals surface area contributed by atoms with Gasteiger partial charge in [0.15, 0.2) is 0 Å². The quantitative estimate of drug-likeness (QED) is 0.684. The Morgan fingerprint density at radius 1 is 0.900 bits per heavy atom. The monoisotopic (exact) mass is 270 g/mol. The number of nitrogens with zero attached hydrogens (tertiary/aromatic N) is 1. The number of fused-ring (bicyclic) bond motifs is 2. The lowest BCUT2D eigenvalue weighted by molar-refractivity contribution is 0.0188. The number of urea groups is 1. The summed E-state index contributed by atoms with van der Waals surface area (Å²) in [5.41, 5.74) is 7.38. The summed E-state index contributed by atoms with van der Waals surface area (Å²) < 4.78 is 0. The van der Waals surface area contributed by atoms with Gasteiger partial charge in [-0.25, -0.2) is 4.79 Å². The molecule has 2 aromatic carbocycles. The normalized spacial score (nSPS) is 20.8. The van der Waals surface area contributed by atoms with Gasteiger partial charge in [-0.15, -0.1) is 0 Å². The molecule has 5 heteroatoms. The van der Waals surface area contributed by atoms with Gasteiger partial charge >= 0.3 is 6.03 Å². The summed E-state index contributed by atoms with van der Waals surface area (Å²) in [4.78, 5) is 13.1. The molecule has 0 aliphatic carbocycles. The van der Waals surface area contributed by atoms with Crippen LogP contribution in [0, 0.1) is 0 Å². The van der Waals surface area contributed by atoms with Crippen LogP contribution in [0.3, 0.4) is 0 Å². The van der Waals surface area contributed by atoms with Gasteiger partial charge in [0.05, 0.1) is 11.4 Å². The largest absolute Gasteiger partial charge is 0.385 e. The molecule has 0 spiro atoms. The lowest BCUT2D eigenvalue weighted by Gasteiger charge is -2.22. The number of anilines is 2. The molecular formula is C15H14N2O3. The number of hydrogen-bond donors (Lipinski definition) is 3. The predicted molar refractivity (Wildman–Crippen MR) is 74.5 cm³/mol. The van der Waals surface area contributed by atoms with E-state index in [-0.39, 0.29) is 0 Å². The highest BCUT2D eigenvalue weighted by molar-refractivity contribution is 6.00. The first-order valence-electron chi connectivity index (χ1n) is 6.25. The fourth-order valence-corrected chi connectivity index (χ4v) is 2.59. The van der Waals surface area contributed by atoms with Gasteiger partial charge in [0, 0.05) is 11.1 Å². The minimum Gasteiger partial charge on any atom is -0.385 e. The van der Waals surface area contributed by atoms with Crippen molar-refractivity contribution in [3.8, 4) is 0 Å². The van der Waals surface area contributed by atoms with E-state index in [2.05, 4.69) is 0 Å². The number of carbonyl (C=O) groups excluding carboxylic acids is 1. The molecule has 1 aliphatic rings. The van der Waals surface area contributed by atoms with Crippen molar-refractivity contribution in [2.75, 3.05) is 4.90 Å². The molecule has 0 bridgehead atoms. The molecule has 20 heavy (non-hydrogen) atoms. The molecule has 1 aliphatic heterocycles. The zero-order valence-electron chi connectivity index (χ0n) is 10.6. The fourth-order valence-electron chi connectivity index (χ4n) is 2.59. The minimum absolute atomic E-state index is 0.468. The van der Waals surface area contributed by atoms with E-state index in [0.29, 0.717) is 22.5 Å². The molecule has 2 aromatic rings. The molecule has 3 rings (SSSR count). The summed E-state index contributed by atoms with van der Waals surface area (Å²) in [5.74, 6) is 0. The second-order valence-electron chi connectivity index (χ2n) is 4.68. The average molecular weight is 270 g/mol. The van der Waals surface area contributed by atoms with Crippen molar-refractivity contribution in [2.24, 2.45) is 5.73 Å². The summed E-state index contributed by atoms with van der Waals surface area (Å²) in [6.45, 7) is 0. The van der Waals surface area contributed by atoms with Crippen molar-refractivity contribution in [3.63, 3.8) is 0 Å². The number of carbonyl (C=O) groups is 1. The Kier molecular flexibility index (Phi) is 2.93. The molecule has 0 aromatic heterocycles. The summed E-state index contributed by atoms with van der Waals surface area (Å²) in [5, 5.41) is 20.7. The molecular weight excluding hydrogens is 256 g/mol. The molecule has 0 radical (unpaired) electrons. The van der Waals surface area contributed by atoms with Gasteiger partial charge in [-0.1, -0.05) is 36.4 Å². The van der Waals surface area contributed by atoms with Crippen LogP contribution in [0.5, 0.6) is 0 Å². The summed E-state index contributed by atoms with van der Waals surface area (Å²) in [6, 6.07) is 13.1. The number of aliphatic hydroxyl groups excluding tert-OH is 2. The van der Waals surface area contributed by atoms with Crippen molar-refractivity contribution in [2.45, 2.75) is 12.2 Å². The lowest BCUT2D eigenvalue weighted by atomic mass is 9.99. The van der Waals surface area contributed by atoms with E-state index >= 15 is 0 Å². The molecule has 102 valence electrons. The average Bonchev–Trinajstić information content (AvgIpc) is 2.55. The number of primary amides is 1. The second kappa shape index (κ2) is 4.63. The summed E-state index contributed by atoms with van der Waals surface area (Å²) in [7, 11) is 0. The standard InChI is InChI=1S/C15H14N2O3/c16-15(20)17-11-7-3-1-5-9(11)13(18)14(19)10-6-2-4-8-12(10)17/h1-8,13-14,18-19H,(H2,16,20)/t13-,14-/m0/s1. The molecule has 2 amide bonds. The van der Waals surface area contributed by atoms with Crippen LogP contribution in [0.2, 0.25) is 0 Å². The van der Waals surface area contributed by atoms with E-state index < -0.39 is 18.2 Å². The molecule has 0 saturated carbocycles. The van der Waals surface area contributed by atoms with Crippen LogP contribution in [0.4, 0.5) is 16.2 Å². The van der Waals surface area contributed by atoms with Crippen molar-refractivity contribution >= 4 is 17.4 Å². The van der Waals surface area contributed by atoms with Gasteiger partial charge < -0.3 is 15.9 Å². The Hall–Kier alpha value is -2.37. The number of aliphatic hydroxyl groups is 2. The SMILES string of the molecule is NC(=O)N1c2ccccc2[C@H](O)[C@@H](O)c2ccccc21. The van der Waals surface area contributed by atoms with Crippen molar-refractivity contribution in [3.05, 3.63) is 59.7 Å².